The standard InChI is InChI=1S/C14H17N5O2/c1-10-15-6-8-18(10)9-11-3-2-7-19(11)14-16-5-4-12(17-14)13(20)21/h4-6,8,11H,2-3,7,9H2,1H3,(H,20,21). The molecule has 0 amide bonds. The fourth-order valence-corrected chi connectivity index (χ4v) is 2.72. The van der Waals surface area contributed by atoms with Crippen molar-refractivity contribution in [3.8, 4) is 0 Å². The van der Waals surface area contributed by atoms with Gasteiger partial charge in [0.2, 0.25) is 5.95 Å². The Kier molecular flexibility index (Phi) is 3.55. The normalized spacial score (nSPS) is 18.1. The Bertz CT molecular complexity index is 654. The van der Waals surface area contributed by atoms with Crippen molar-refractivity contribution in [1.29, 1.82) is 0 Å². The summed E-state index contributed by atoms with van der Waals surface area (Å²) in [6, 6.07) is 1.68. The van der Waals surface area contributed by atoms with Crippen LogP contribution in [0.15, 0.2) is 24.7 Å². The van der Waals surface area contributed by atoms with Gasteiger partial charge < -0.3 is 14.6 Å². The number of rotatable bonds is 4. The molecule has 0 spiro atoms. The summed E-state index contributed by atoms with van der Waals surface area (Å²) in [7, 11) is 0. The molecule has 0 bridgehead atoms. The van der Waals surface area contributed by atoms with E-state index in [1.54, 1.807) is 6.20 Å². The van der Waals surface area contributed by atoms with Crippen LogP contribution in [0.5, 0.6) is 0 Å². The predicted octanol–water partition coefficient (Wildman–Crippen LogP) is 1.35. The lowest BCUT2D eigenvalue weighted by Crippen LogP contribution is -2.34. The molecule has 1 N–H and O–H groups in total. The van der Waals surface area contributed by atoms with Gasteiger partial charge in [-0.1, -0.05) is 0 Å². The summed E-state index contributed by atoms with van der Waals surface area (Å²) in [5, 5.41) is 9.04. The van der Waals surface area contributed by atoms with Gasteiger partial charge in [-0.3, -0.25) is 0 Å². The van der Waals surface area contributed by atoms with Gasteiger partial charge in [0, 0.05) is 37.7 Å². The van der Waals surface area contributed by atoms with Gasteiger partial charge in [-0.05, 0) is 25.8 Å². The molecule has 7 heteroatoms. The molecular weight excluding hydrogens is 270 g/mol. The third-order valence-electron chi connectivity index (χ3n) is 3.83. The van der Waals surface area contributed by atoms with E-state index in [9.17, 15) is 4.79 Å². The maximum atomic E-state index is 11.0. The molecular formula is C14H17N5O2. The summed E-state index contributed by atoms with van der Waals surface area (Å²) in [6.45, 7) is 3.63. The van der Waals surface area contributed by atoms with Crippen LogP contribution in [-0.4, -0.2) is 43.2 Å². The fraction of sp³-hybridized carbons (Fsp3) is 0.429. The van der Waals surface area contributed by atoms with Crippen molar-refractivity contribution in [2.24, 2.45) is 0 Å². The first-order valence-corrected chi connectivity index (χ1v) is 6.96. The van der Waals surface area contributed by atoms with Crippen molar-refractivity contribution in [3.05, 3.63) is 36.2 Å². The first-order chi connectivity index (χ1) is 10.1. The molecule has 0 aromatic carbocycles. The SMILES string of the molecule is Cc1nccn1CC1CCCN1c1nccc(C(=O)O)n1. The van der Waals surface area contributed by atoms with Crippen LogP contribution in [0.2, 0.25) is 0 Å². The molecule has 0 radical (unpaired) electrons. The first-order valence-electron chi connectivity index (χ1n) is 6.96. The van der Waals surface area contributed by atoms with Crippen LogP contribution in [0.25, 0.3) is 0 Å². The number of imidazole rings is 1. The molecule has 2 aromatic heterocycles. The lowest BCUT2D eigenvalue weighted by atomic mass is 10.2. The zero-order valence-electron chi connectivity index (χ0n) is 11.8. The smallest absolute Gasteiger partial charge is 0.354 e. The van der Waals surface area contributed by atoms with E-state index < -0.39 is 5.97 Å². The van der Waals surface area contributed by atoms with Crippen LogP contribution in [0.1, 0.15) is 29.2 Å². The second-order valence-corrected chi connectivity index (χ2v) is 5.16. The molecule has 3 rings (SSSR count). The van der Waals surface area contributed by atoms with Crippen molar-refractivity contribution >= 4 is 11.9 Å². The molecule has 7 nitrogen and oxygen atoms in total. The highest BCUT2D eigenvalue weighted by Gasteiger charge is 2.27. The quantitative estimate of drug-likeness (QED) is 0.913. The highest BCUT2D eigenvalue weighted by Crippen LogP contribution is 2.23. The van der Waals surface area contributed by atoms with Crippen molar-refractivity contribution in [2.75, 3.05) is 11.4 Å². The minimum absolute atomic E-state index is 0.0319. The van der Waals surface area contributed by atoms with Crippen LogP contribution in [-0.2, 0) is 6.54 Å². The first kappa shape index (κ1) is 13.5. The molecule has 1 aliphatic heterocycles. The van der Waals surface area contributed by atoms with Gasteiger partial charge in [-0.15, -0.1) is 0 Å². The molecule has 0 aliphatic carbocycles. The topological polar surface area (TPSA) is 84.1 Å². The lowest BCUT2D eigenvalue weighted by Gasteiger charge is -2.25. The van der Waals surface area contributed by atoms with Gasteiger partial charge in [-0.25, -0.2) is 19.7 Å². The number of hydrogen-bond donors (Lipinski definition) is 1. The van der Waals surface area contributed by atoms with E-state index in [1.807, 2.05) is 13.1 Å². The number of carbonyl (C=O) groups is 1. The molecule has 3 heterocycles. The molecule has 1 aliphatic rings. The summed E-state index contributed by atoms with van der Waals surface area (Å²) >= 11 is 0. The molecule has 1 unspecified atom stereocenters. The van der Waals surface area contributed by atoms with Crippen LogP contribution in [0, 0.1) is 6.92 Å². The Labute approximate surface area is 122 Å². The number of hydrogen-bond acceptors (Lipinski definition) is 5. The molecule has 1 saturated heterocycles. The van der Waals surface area contributed by atoms with Gasteiger partial charge in [-0.2, -0.15) is 0 Å². The third-order valence-corrected chi connectivity index (χ3v) is 3.83. The van der Waals surface area contributed by atoms with E-state index in [0.29, 0.717) is 5.95 Å². The number of carboxylic acids is 1. The number of nitrogens with zero attached hydrogens (tertiary/aromatic N) is 5. The maximum absolute atomic E-state index is 11.0. The molecule has 1 atom stereocenters. The van der Waals surface area contributed by atoms with Gasteiger partial charge in [0.25, 0.3) is 0 Å². The molecule has 0 saturated carbocycles. The van der Waals surface area contributed by atoms with Gasteiger partial charge >= 0.3 is 5.97 Å². The van der Waals surface area contributed by atoms with Crippen LogP contribution >= 0.6 is 0 Å². The number of anilines is 1. The molecule has 2 aromatic rings. The second kappa shape index (κ2) is 5.51. The van der Waals surface area contributed by atoms with Crippen LogP contribution in [0.3, 0.4) is 0 Å². The van der Waals surface area contributed by atoms with E-state index in [0.717, 1.165) is 31.8 Å². The van der Waals surface area contributed by atoms with Crippen molar-refractivity contribution < 1.29 is 9.90 Å². The minimum atomic E-state index is -1.03. The van der Waals surface area contributed by atoms with E-state index >= 15 is 0 Å². The summed E-state index contributed by atoms with van der Waals surface area (Å²) in [5.74, 6) is 0.442. The Morgan fingerprint density at radius 3 is 3.00 bits per heavy atom. The molecule has 110 valence electrons. The average Bonchev–Trinajstić information content (AvgIpc) is 3.09. The van der Waals surface area contributed by atoms with Gasteiger partial charge in [0.1, 0.15) is 5.82 Å². The van der Waals surface area contributed by atoms with E-state index in [4.69, 9.17) is 5.11 Å². The Balaban J connectivity index is 1.82. The largest absolute Gasteiger partial charge is 0.477 e. The zero-order valence-corrected chi connectivity index (χ0v) is 11.8. The Hall–Kier alpha value is -2.44. The van der Waals surface area contributed by atoms with Crippen molar-refractivity contribution in [3.63, 3.8) is 0 Å². The number of aromatic nitrogens is 4. The summed E-state index contributed by atoms with van der Waals surface area (Å²) in [4.78, 5) is 25.7. The number of carboxylic acid groups (broad SMARTS) is 1. The molecule has 21 heavy (non-hydrogen) atoms. The van der Waals surface area contributed by atoms with E-state index in [-0.39, 0.29) is 11.7 Å². The van der Waals surface area contributed by atoms with Crippen LogP contribution < -0.4 is 4.90 Å². The molecule has 1 fully saturated rings. The number of aryl methyl sites for hydroxylation is 1. The third kappa shape index (κ3) is 2.72. The Morgan fingerprint density at radius 2 is 2.29 bits per heavy atom. The number of aromatic carboxylic acids is 1. The zero-order chi connectivity index (χ0) is 14.8. The van der Waals surface area contributed by atoms with Gasteiger partial charge in [0.05, 0.1) is 0 Å². The van der Waals surface area contributed by atoms with E-state index in [2.05, 4.69) is 24.4 Å². The minimum Gasteiger partial charge on any atom is -0.477 e. The predicted molar refractivity (Wildman–Crippen MR) is 76.3 cm³/mol. The second-order valence-electron chi connectivity index (χ2n) is 5.16. The summed E-state index contributed by atoms with van der Waals surface area (Å²) in [5.41, 5.74) is 0.0319. The lowest BCUT2D eigenvalue weighted by molar-refractivity contribution is 0.0690. The van der Waals surface area contributed by atoms with E-state index in [1.165, 1.54) is 12.3 Å². The summed E-state index contributed by atoms with van der Waals surface area (Å²) < 4.78 is 2.10. The van der Waals surface area contributed by atoms with Gasteiger partial charge in [0.15, 0.2) is 5.69 Å². The van der Waals surface area contributed by atoms with Crippen LogP contribution in [0.4, 0.5) is 5.95 Å². The average molecular weight is 287 g/mol. The highest BCUT2D eigenvalue weighted by atomic mass is 16.4. The van der Waals surface area contributed by atoms with Crippen molar-refractivity contribution in [1.82, 2.24) is 19.5 Å². The monoisotopic (exact) mass is 287 g/mol. The maximum Gasteiger partial charge on any atom is 0.354 e. The fourth-order valence-electron chi connectivity index (χ4n) is 2.72. The summed E-state index contributed by atoms with van der Waals surface area (Å²) in [6.07, 6.45) is 7.34. The Morgan fingerprint density at radius 1 is 1.43 bits per heavy atom. The van der Waals surface area contributed by atoms with Crippen molar-refractivity contribution in [2.45, 2.75) is 32.4 Å². The highest BCUT2D eigenvalue weighted by molar-refractivity contribution is 5.85.